The molecule has 0 aliphatic heterocycles. The number of halogens is 2. The number of likely N-dealkylation sites (N-methyl/N-ethyl adjacent to an activating group) is 1. The van der Waals surface area contributed by atoms with Gasteiger partial charge in [-0.2, -0.15) is 0 Å². The summed E-state index contributed by atoms with van der Waals surface area (Å²) in [6.45, 7) is 1.28. The summed E-state index contributed by atoms with van der Waals surface area (Å²) >= 11 is 11.6. The number of carbonyl (C=O) groups excluding carboxylic acids is 1. The molecule has 0 aliphatic carbocycles. The molecule has 1 rings (SSSR count). The van der Waals surface area contributed by atoms with E-state index in [1.807, 2.05) is 7.05 Å². The van der Waals surface area contributed by atoms with Crippen LogP contribution in [0.5, 0.6) is 0 Å². The topological polar surface area (TPSA) is 53.2 Å². The Morgan fingerprint density at radius 3 is 2.62 bits per heavy atom. The van der Waals surface area contributed by atoms with Gasteiger partial charge in [-0.25, -0.2) is 4.79 Å². The Labute approximate surface area is 104 Å². The van der Waals surface area contributed by atoms with E-state index >= 15 is 0 Å². The molecule has 0 fully saturated rings. The SMILES string of the molecule is CNCCNC(=O)Nc1ccc(Cl)c(Cl)c1. The minimum atomic E-state index is -0.270. The average molecular weight is 262 g/mol. The second-order valence-corrected chi connectivity index (χ2v) is 3.93. The summed E-state index contributed by atoms with van der Waals surface area (Å²) in [6, 6.07) is 4.65. The third kappa shape index (κ3) is 4.26. The third-order valence-electron chi connectivity index (χ3n) is 1.84. The summed E-state index contributed by atoms with van der Waals surface area (Å²) < 4.78 is 0. The van der Waals surface area contributed by atoms with Gasteiger partial charge in [-0.15, -0.1) is 0 Å². The maximum absolute atomic E-state index is 11.4. The Hall–Kier alpha value is -0.970. The van der Waals surface area contributed by atoms with Gasteiger partial charge in [0.05, 0.1) is 10.0 Å². The molecule has 0 atom stereocenters. The highest BCUT2D eigenvalue weighted by molar-refractivity contribution is 6.42. The van der Waals surface area contributed by atoms with E-state index in [9.17, 15) is 4.79 Å². The van der Waals surface area contributed by atoms with Crippen LogP contribution in [0.1, 0.15) is 0 Å². The van der Waals surface area contributed by atoms with E-state index in [0.29, 0.717) is 22.3 Å². The van der Waals surface area contributed by atoms with Crippen molar-refractivity contribution in [2.45, 2.75) is 0 Å². The van der Waals surface area contributed by atoms with Crippen molar-refractivity contribution in [3.63, 3.8) is 0 Å². The number of rotatable bonds is 4. The summed E-state index contributed by atoms with van der Waals surface area (Å²) in [7, 11) is 1.82. The maximum Gasteiger partial charge on any atom is 0.319 e. The molecule has 1 aromatic rings. The minimum Gasteiger partial charge on any atom is -0.337 e. The fourth-order valence-electron chi connectivity index (χ4n) is 1.05. The summed E-state index contributed by atoms with van der Waals surface area (Å²) in [5.74, 6) is 0. The molecule has 0 aromatic heterocycles. The fourth-order valence-corrected chi connectivity index (χ4v) is 1.35. The molecule has 2 amide bonds. The van der Waals surface area contributed by atoms with E-state index in [0.717, 1.165) is 6.54 Å². The van der Waals surface area contributed by atoms with Gasteiger partial charge in [-0.3, -0.25) is 0 Å². The molecule has 0 bridgehead atoms. The molecular formula is C10H13Cl2N3O. The lowest BCUT2D eigenvalue weighted by Crippen LogP contribution is -2.33. The third-order valence-corrected chi connectivity index (χ3v) is 2.58. The number of anilines is 1. The lowest BCUT2D eigenvalue weighted by Gasteiger charge is -2.07. The lowest BCUT2D eigenvalue weighted by atomic mass is 10.3. The summed E-state index contributed by atoms with van der Waals surface area (Å²) in [6.07, 6.45) is 0. The van der Waals surface area contributed by atoms with Gasteiger partial charge in [0.25, 0.3) is 0 Å². The molecule has 0 spiro atoms. The van der Waals surface area contributed by atoms with Gasteiger partial charge in [-0.1, -0.05) is 23.2 Å². The molecule has 6 heteroatoms. The molecule has 4 nitrogen and oxygen atoms in total. The van der Waals surface area contributed by atoms with Gasteiger partial charge in [-0.05, 0) is 25.2 Å². The zero-order valence-corrected chi connectivity index (χ0v) is 10.3. The zero-order valence-electron chi connectivity index (χ0n) is 8.81. The molecule has 0 radical (unpaired) electrons. The average Bonchev–Trinajstić information content (AvgIpc) is 2.24. The normalized spacial score (nSPS) is 9.94. The van der Waals surface area contributed by atoms with E-state index < -0.39 is 0 Å². The van der Waals surface area contributed by atoms with E-state index in [-0.39, 0.29) is 6.03 Å². The second kappa shape index (κ2) is 6.58. The van der Waals surface area contributed by atoms with Crippen molar-refractivity contribution < 1.29 is 4.79 Å². The molecule has 0 saturated heterocycles. The zero-order chi connectivity index (χ0) is 12.0. The van der Waals surface area contributed by atoms with Gasteiger partial charge in [0.2, 0.25) is 0 Å². The first-order valence-electron chi connectivity index (χ1n) is 4.78. The van der Waals surface area contributed by atoms with Crippen molar-refractivity contribution in [1.82, 2.24) is 10.6 Å². The van der Waals surface area contributed by atoms with Crippen LogP contribution in [0, 0.1) is 0 Å². The molecule has 3 N–H and O–H groups in total. The first-order chi connectivity index (χ1) is 7.63. The largest absolute Gasteiger partial charge is 0.337 e. The standard InChI is InChI=1S/C10H13Cl2N3O/c1-13-4-5-14-10(16)15-7-2-3-8(11)9(12)6-7/h2-3,6,13H,4-5H2,1H3,(H2,14,15,16). The molecule has 0 heterocycles. The van der Waals surface area contributed by atoms with Crippen LogP contribution >= 0.6 is 23.2 Å². The molecule has 0 aliphatic rings. The molecule has 0 unspecified atom stereocenters. The number of urea groups is 1. The Kier molecular flexibility index (Phi) is 5.38. The Bertz CT molecular complexity index is 371. The first-order valence-corrected chi connectivity index (χ1v) is 5.53. The Morgan fingerprint density at radius 2 is 2.00 bits per heavy atom. The van der Waals surface area contributed by atoms with Crippen LogP contribution in [-0.2, 0) is 0 Å². The molecule has 1 aromatic carbocycles. The van der Waals surface area contributed by atoms with E-state index in [1.165, 1.54) is 0 Å². The summed E-state index contributed by atoms with van der Waals surface area (Å²) in [4.78, 5) is 11.4. The number of benzene rings is 1. The second-order valence-electron chi connectivity index (χ2n) is 3.11. The van der Waals surface area contributed by atoms with Crippen LogP contribution in [-0.4, -0.2) is 26.2 Å². The smallest absolute Gasteiger partial charge is 0.319 e. The van der Waals surface area contributed by atoms with Crippen LogP contribution in [0.25, 0.3) is 0 Å². The summed E-state index contributed by atoms with van der Waals surface area (Å²) in [5.41, 5.74) is 0.608. The van der Waals surface area contributed by atoms with Gasteiger partial charge >= 0.3 is 6.03 Å². The predicted octanol–water partition coefficient (Wildman–Crippen LogP) is 2.33. The first kappa shape index (κ1) is 13.1. The Balaban J connectivity index is 2.46. The van der Waals surface area contributed by atoms with E-state index in [4.69, 9.17) is 23.2 Å². The van der Waals surface area contributed by atoms with Crippen LogP contribution in [0.4, 0.5) is 10.5 Å². The lowest BCUT2D eigenvalue weighted by molar-refractivity contribution is 0.252. The number of nitrogens with one attached hydrogen (secondary N) is 3. The van der Waals surface area contributed by atoms with Crippen LogP contribution in [0.2, 0.25) is 10.0 Å². The highest BCUT2D eigenvalue weighted by Crippen LogP contribution is 2.24. The van der Waals surface area contributed by atoms with Gasteiger partial charge in [0.1, 0.15) is 0 Å². The van der Waals surface area contributed by atoms with E-state index in [2.05, 4.69) is 16.0 Å². The number of amides is 2. The quantitative estimate of drug-likeness (QED) is 0.729. The fraction of sp³-hybridized carbons (Fsp3) is 0.300. The highest BCUT2D eigenvalue weighted by atomic mass is 35.5. The predicted molar refractivity (Wildman–Crippen MR) is 67.4 cm³/mol. The van der Waals surface area contributed by atoms with Crippen molar-refractivity contribution in [1.29, 1.82) is 0 Å². The van der Waals surface area contributed by atoms with Crippen molar-refractivity contribution in [3.05, 3.63) is 28.2 Å². The van der Waals surface area contributed by atoms with Crippen LogP contribution in [0.3, 0.4) is 0 Å². The van der Waals surface area contributed by atoms with Crippen LogP contribution in [0.15, 0.2) is 18.2 Å². The van der Waals surface area contributed by atoms with Crippen molar-refractivity contribution in [2.75, 3.05) is 25.5 Å². The molecule has 88 valence electrons. The van der Waals surface area contributed by atoms with Gasteiger partial charge in [0, 0.05) is 18.8 Å². The van der Waals surface area contributed by atoms with Gasteiger partial charge < -0.3 is 16.0 Å². The summed E-state index contributed by atoms with van der Waals surface area (Å²) in [5, 5.41) is 9.12. The van der Waals surface area contributed by atoms with Crippen molar-refractivity contribution >= 4 is 34.9 Å². The number of carbonyl (C=O) groups is 1. The monoisotopic (exact) mass is 261 g/mol. The Morgan fingerprint density at radius 1 is 1.25 bits per heavy atom. The molecular weight excluding hydrogens is 249 g/mol. The molecule has 0 saturated carbocycles. The van der Waals surface area contributed by atoms with Crippen molar-refractivity contribution in [3.8, 4) is 0 Å². The maximum atomic E-state index is 11.4. The van der Waals surface area contributed by atoms with E-state index in [1.54, 1.807) is 18.2 Å². The van der Waals surface area contributed by atoms with Crippen molar-refractivity contribution in [2.24, 2.45) is 0 Å². The molecule has 16 heavy (non-hydrogen) atoms. The number of hydrogen-bond acceptors (Lipinski definition) is 2. The van der Waals surface area contributed by atoms with Gasteiger partial charge in [0.15, 0.2) is 0 Å². The minimum absolute atomic E-state index is 0.270. The van der Waals surface area contributed by atoms with Crippen LogP contribution < -0.4 is 16.0 Å². The number of hydrogen-bond donors (Lipinski definition) is 3. The highest BCUT2D eigenvalue weighted by Gasteiger charge is 2.03.